The van der Waals surface area contributed by atoms with Crippen molar-refractivity contribution < 1.29 is 9.59 Å². The molecule has 2 aromatic carbocycles. The number of allylic oxidation sites excluding steroid dienone is 3. The highest BCUT2D eigenvalue weighted by Gasteiger charge is 2.20. The Bertz CT molecular complexity index is 1010. The molecular formula is C26H31N3O2. The normalized spacial score (nSPS) is 13.3. The van der Waals surface area contributed by atoms with Gasteiger partial charge in [-0.2, -0.15) is 0 Å². The van der Waals surface area contributed by atoms with E-state index >= 15 is 0 Å². The lowest BCUT2D eigenvalue weighted by Crippen LogP contribution is -2.33. The Morgan fingerprint density at radius 2 is 1.68 bits per heavy atom. The van der Waals surface area contributed by atoms with Crippen molar-refractivity contribution in [2.45, 2.75) is 40.2 Å². The van der Waals surface area contributed by atoms with Gasteiger partial charge in [-0.3, -0.25) is 4.79 Å². The highest BCUT2D eigenvalue weighted by atomic mass is 16.2. The highest BCUT2D eigenvalue weighted by molar-refractivity contribution is 5.94. The van der Waals surface area contributed by atoms with Gasteiger partial charge < -0.3 is 16.0 Å². The van der Waals surface area contributed by atoms with Crippen LogP contribution in [0.1, 0.15) is 54.2 Å². The Labute approximate surface area is 184 Å². The van der Waals surface area contributed by atoms with Crippen molar-refractivity contribution in [1.82, 2.24) is 16.0 Å². The number of benzene rings is 2. The molecule has 0 atom stereocenters. The minimum absolute atomic E-state index is 0.0833. The maximum atomic E-state index is 12.2. The van der Waals surface area contributed by atoms with Crippen LogP contribution in [0.5, 0.6) is 0 Å². The Morgan fingerprint density at radius 1 is 0.968 bits per heavy atom. The zero-order valence-electron chi connectivity index (χ0n) is 18.7. The third-order valence-electron chi connectivity index (χ3n) is 5.39. The Morgan fingerprint density at radius 3 is 2.32 bits per heavy atom. The summed E-state index contributed by atoms with van der Waals surface area (Å²) >= 11 is 0. The minimum Gasteiger partial charge on any atom is -0.355 e. The van der Waals surface area contributed by atoms with Crippen LogP contribution in [-0.4, -0.2) is 19.0 Å². The smallest absolute Gasteiger partial charge is 0.319 e. The first-order chi connectivity index (χ1) is 14.7. The van der Waals surface area contributed by atoms with Gasteiger partial charge in [-0.05, 0) is 53.2 Å². The zero-order valence-corrected chi connectivity index (χ0v) is 18.7. The molecule has 0 bridgehead atoms. The number of urea groups is 1. The first-order valence-corrected chi connectivity index (χ1v) is 10.6. The molecule has 0 spiro atoms. The van der Waals surface area contributed by atoms with Crippen LogP contribution in [0.3, 0.4) is 0 Å². The van der Waals surface area contributed by atoms with E-state index in [2.05, 4.69) is 54.9 Å². The first kappa shape index (κ1) is 22.3. The molecule has 0 unspecified atom stereocenters. The predicted octanol–water partition coefficient (Wildman–Crippen LogP) is 4.70. The molecule has 0 saturated carbocycles. The second-order valence-electron chi connectivity index (χ2n) is 8.86. The lowest BCUT2D eigenvalue weighted by Gasteiger charge is -2.19. The topological polar surface area (TPSA) is 70.2 Å². The van der Waals surface area contributed by atoms with E-state index in [0.717, 1.165) is 35.2 Å². The fourth-order valence-corrected chi connectivity index (χ4v) is 3.47. The molecule has 0 radical (unpaired) electrons. The Balaban J connectivity index is 1.50. The molecule has 3 rings (SSSR count). The number of hydrogen-bond acceptors (Lipinski definition) is 2. The predicted molar refractivity (Wildman–Crippen MR) is 125 cm³/mol. The third kappa shape index (κ3) is 6.32. The molecule has 0 saturated heterocycles. The molecule has 5 heteroatoms. The summed E-state index contributed by atoms with van der Waals surface area (Å²) in [5, 5.41) is 8.48. The fourth-order valence-electron chi connectivity index (χ4n) is 3.47. The molecule has 3 amide bonds. The average Bonchev–Trinajstić information content (AvgIpc) is 3.22. The van der Waals surface area contributed by atoms with Gasteiger partial charge in [0.25, 0.3) is 5.91 Å². The van der Waals surface area contributed by atoms with Crippen LogP contribution in [0.2, 0.25) is 0 Å². The largest absolute Gasteiger partial charge is 0.355 e. The van der Waals surface area contributed by atoms with Crippen LogP contribution in [0.15, 0.2) is 72.0 Å². The van der Waals surface area contributed by atoms with Gasteiger partial charge >= 0.3 is 6.03 Å². The summed E-state index contributed by atoms with van der Waals surface area (Å²) in [6.07, 6.45) is 5.74. The van der Waals surface area contributed by atoms with Crippen molar-refractivity contribution in [2.24, 2.45) is 5.41 Å². The van der Waals surface area contributed by atoms with Gasteiger partial charge in [-0.1, -0.05) is 68.8 Å². The van der Waals surface area contributed by atoms with Gasteiger partial charge in [-0.25, -0.2) is 4.79 Å². The van der Waals surface area contributed by atoms with Crippen molar-refractivity contribution in [3.05, 3.63) is 94.2 Å². The number of amides is 3. The number of hydrogen-bond donors (Lipinski definition) is 3. The fraction of sp³-hybridized carbons (Fsp3) is 0.308. The number of rotatable bonds is 6. The van der Waals surface area contributed by atoms with Gasteiger partial charge in [0.2, 0.25) is 0 Å². The van der Waals surface area contributed by atoms with Crippen LogP contribution >= 0.6 is 0 Å². The van der Waals surface area contributed by atoms with Crippen molar-refractivity contribution in [1.29, 1.82) is 0 Å². The average molecular weight is 418 g/mol. The standard InChI is InChI=1S/C26H31N3O2/c1-26(2,3)22-12-13-23(16-22)29-25(31)28-17-19-10-8-18(9-11-19)14-20-6-5-7-21(15-20)24(30)27-4/h5-11,13,15-16H,12,14,17H2,1-4H3,(H,27,30)(H2,28,29,31). The molecule has 0 heterocycles. The lowest BCUT2D eigenvalue weighted by molar-refractivity contribution is 0.0963. The van der Waals surface area contributed by atoms with Crippen molar-refractivity contribution in [3.8, 4) is 0 Å². The van der Waals surface area contributed by atoms with Gasteiger partial charge in [0.1, 0.15) is 0 Å². The summed E-state index contributed by atoms with van der Waals surface area (Å²) in [5.41, 5.74) is 6.22. The van der Waals surface area contributed by atoms with Crippen LogP contribution in [-0.2, 0) is 13.0 Å². The minimum atomic E-state index is -0.201. The summed E-state index contributed by atoms with van der Waals surface area (Å²) in [4.78, 5) is 24.0. The molecule has 0 aliphatic heterocycles. The van der Waals surface area contributed by atoms with Crippen molar-refractivity contribution in [2.75, 3.05) is 7.05 Å². The summed E-state index contributed by atoms with van der Waals surface area (Å²) in [6, 6.07) is 15.6. The second-order valence-corrected chi connectivity index (χ2v) is 8.86. The maximum absolute atomic E-state index is 12.2. The second kappa shape index (κ2) is 9.65. The maximum Gasteiger partial charge on any atom is 0.319 e. The van der Waals surface area contributed by atoms with E-state index in [9.17, 15) is 9.59 Å². The van der Waals surface area contributed by atoms with E-state index in [1.807, 2.05) is 42.5 Å². The number of carbonyl (C=O) groups excluding carboxylic acids is 2. The number of nitrogens with one attached hydrogen (secondary N) is 3. The molecule has 0 aromatic heterocycles. The molecule has 5 nitrogen and oxygen atoms in total. The van der Waals surface area contributed by atoms with Crippen LogP contribution < -0.4 is 16.0 Å². The highest BCUT2D eigenvalue weighted by Crippen LogP contribution is 2.32. The summed E-state index contributed by atoms with van der Waals surface area (Å²) in [5.74, 6) is -0.0833. The molecule has 0 fully saturated rings. The monoisotopic (exact) mass is 417 g/mol. The SMILES string of the molecule is CNC(=O)c1cccc(Cc2ccc(CNC(=O)NC3=CCC(C(C)(C)C)=C3)cc2)c1. The third-order valence-corrected chi connectivity index (χ3v) is 5.39. The Kier molecular flexibility index (Phi) is 6.95. The van der Waals surface area contributed by atoms with Crippen LogP contribution in [0.4, 0.5) is 4.79 Å². The van der Waals surface area contributed by atoms with E-state index in [4.69, 9.17) is 0 Å². The van der Waals surface area contributed by atoms with E-state index in [0.29, 0.717) is 12.1 Å². The van der Waals surface area contributed by atoms with Gasteiger partial charge in [0.05, 0.1) is 0 Å². The van der Waals surface area contributed by atoms with Crippen molar-refractivity contribution in [3.63, 3.8) is 0 Å². The van der Waals surface area contributed by atoms with Gasteiger partial charge in [0.15, 0.2) is 0 Å². The summed E-state index contributed by atoms with van der Waals surface area (Å²) in [7, 11) is 1.63. The van der Waals surface area contributed by atoms with E-state index < -0.39 is 0 Å². The van der Waals surface area contributed by atoms with E-state index in [1.54, 1.807) is 7.05 Å². The zero-order chi connectivity index (χ0) is 22.4. The summed E-state index contributed by atoms with van der Waals surface area (Å²) in [6.45, 7) is 7.00. The first-order valence-electron chi connectivity index (χ1n) is 10.6. The molecule has 2 aromatic rings. The quantitative estimate of drug-likeness (QED) is 0.638. The summed E-state index contributed by atoms with van der Waals surface area (Å²) < 4.78 is 0. The molecule has 31 heavy (non-hydrogen) atoms. The van der Waals surface area contributed by atoms with E-state index in [1.165, 1.54) is 5.57 Å². The van der Waals surface area contributed by atoms with Crippen LogP contribution in [0.25, 0.3) is 0 Å². The van der Waals surface area contributed by atoms with Gasteiger partial charge in [-0.15, -0.1) is 0 Å². The molecule has 162 valence electrons. The van der Waals surface area contributed by atoms with Gasteiger partial charge in [0, 0.05) is 24.9 Å². The lowest BCUT2D eigenvalue weighted by atomic mass is 9.86. The van der Waals surface area contributed by atoms with E-state index in [-0.39, 0.29) is 17.4 Å². The van der Waals surface area contributed by atoms with Crippen LogP contribution in [0, 0.1) is 5.41 Å². The molecule has 1 aliphatic carbocycles. The van der Waals surface area contributed by atoms with Crippen molar-refractivity contribution >= 4 is 11.9 Å². The molecule has 1 aliphatic rings. The number of carbonyl (C=O) groups is 2. The molecule has 3 N–H and O–H groups in total. The Hall–Kier alpha value is -3.34. The molecular weight excluding hydrogens is 386 g/mol.